The van der Waals surface area contributed by atoms with Crippen LogP contribution in [0.3, 0.4) is 0 Å². The summed E-state index contributed by atoms with van der Waals surface area (Å²) in [5.41, 5.74) is -0.0951. The lowest BCUT2D eigenvalue weighted by Gasteiger charge is -1.97. The lowest BCUT2D eigenvalue weighted by Crippen LogP contribution is -2.06. The molecule has 1 rings (SSSR count). The van der Waals surface area contributed by atoms with Crippen molar-refractivity contribution >= 4 is 11.5 Å². The predicted molar refractivity (Wildman–Crippen MR) is 43.7 cm³/mol. The minimum Gasteiger partial charge on any atom is -0.478 e. The van der Waals surface area contributed by atoms with E-state index in [4.69, 9.17) is 5.11 Å². The first-order chi connectivity index (χ1) is 5.61. The molecular formula is C8H7NO3. The summed E-state index contributed by atoms with van der Waals surface area (Å²) in [7, 11) is 0. The van der Waals surface area contributed by atoms with Crippen LogP contribution >= 0.6 is 0 Å². The van der Waals surface area contributed by atoms with E-state index < -0.39 is 5.97 Å². The van der Waals surface area contributed by atoms with Crippen LogP contribution in [-0.4, -0.2) is 16.1 Å². The van der Waals surface area contributed by atoms with E-state index in [1.807, 2.05) is 0 Å². The Balaban J connectivity index is 3.12. The maximum absolute atomic E-state index is 10.7. The molecule has 0 fully saturated rings. The first kappa shape index (κ1) is 8.26. The third-order valence-corrected chi connectivity index (χ3v) is 1.38. The molecule has 4 heteroatoms. The second-order valence-electron chi connectivity index (χ2n) is 2.23. The number of nitrogens with one attached hydrogen (secondary N) is 1. The zero-order chi connectivity index (χ0) is 9.14. The number of aromatic amines is 1. The zero-order valence-electron chi connectivity index (χ0n) is 6.20. The summed E-state index contributed by atoms with van der Waals surface area (Å²) >= 11 is 0. The van der Waals surface area contributed by atoms with Gasteiger partial charge in [0.1, 0.15) is 0 Å². The number of rotatable bonds is 2. The van der Waals surface area contributed by atoms with E-state index in [0.717, 1.165) is 0 Å². The molecule has 0 aliphatic heterocycles. The Morgan fingerprint density at radius 3 is 2.75 bits per heavy atom. The highest BCUT2D eigenvalue weighted by molar-refractivity contribution is 6.14. The second-order valence-corrected chi connectivity index (χ2v) is 2.23. The maximum Gasteiger partial charge on any atom is 0.335 e. The molecule has 0 spiro atoms. The third-order valence-electron chi connectivity index (χ3n) is 1.38. The minimum absolute atomic E-state index is 0.0823. The fraction of sp³-hybridized carbons (Fsp3) is 0. The van der Waals surface area contributed by atoms with Crippen LogP contribution in [0.15, 0.2) is 29.7 Å². The summed E-state index contributed by atoms with van der Waals surface area (Å²) in [6, 6.07) is 2.67. The molecule has 0 aromatic carbocycles. The number of pyridine rings is 1. The van der Waals surface area contributed by atoms with Gasteiger partial charge in [0.25, 0.3) is 0 Å². The molecule has 1 aromatic rings. The van der Waals surface area contributed by atoms with Gasteiger partial charge in [0.15, 0.2) is 0 Å². The van der Waals surface area contributed by atoms with Crippen LogP contribution in [0.25, 0.3) is 5.57 Å². The Bertz CT molecular complexity index is 378. The van der Waals surface area contributed by atoms with E-state index in [1.54, 1.807) is 0 Å². The Labute approximate surface area is 68.2 Å². The monoisotopic (exact) mass is 165 g/mol. The van der Waals surface area contributed by atoms with Crippen molar-refractivity contribution in [1.82, 2.24) is 4.98 Å². The van der Waals surface area contributed by atoms with E-state index in [-0.39, 0.29) is 11.1 Å². The Kier molecular flexibility index (Phi) is 2.09. The molecule has 12 heavy (non-hydrogen) atoms. The van der Waals surface area contributed by atoms with E-state index in [1.165, 1.54) is 18.3 Å². The molecule has 0 aliphatic carbocycles. The van der Waals surface area contributed by atoms with Gasteiger partial charge in [-0.1, -0.05) is 6.58 Å². The molecule has 0 amide bonds. The van der Waals surface area contributed by atoms with Gasteiger partial charge >= 0.3 is 5.97 Å². The fourth-order valence-corrected chi connectivity index (χ4v) is 0.756. The molecule has 1 heterocycles. The van der Waals surface area contributed by atoms with Crippen molar-refractivity contribution in [3.8, 4) is 0 Å². The SMILES string of the molecule is C=C(C(=O)O)c1cc[nH]c(=O)c1. The zero-order valence-corrected chi connectivity index (χ0v) is 6.20. The van der Waals surface area contributed by atoms with Crippen LogP contribution in [0.4, 0.5) is 0 Å². The van der Waals surface area contributed by atoms with Gasteiger partial charge in [-0.25, -0.2) is 4.79 Å². The van der Waals surface area contributed by atoms with Crippen LogP contribution < -0.4 is 5.56 Å². The number of carboxylic acid groups (broad SMARTS) is 1. The van der Waals surface area contributed by atoms with Crippen LogP contribution in [0.1, 0.15) is 5.56 Å². The maximum atomic E-state index is 10.7. The van der Waals surface area contributed by atoms with E-state index in [9.17, 15) is 9.59 Å². The minimum atomic E-state index is -1.12. The molecule has 0 atom stereocenters. The van der Waals surface area contributed by atoms with Gasteiger partial charge in [0.05, 0.1) is 5.57 Å². The molecule has 0 aliphatic rings. The highest BCUT2D eigenvalue weighted by atomic mass is 16.4. The van der Waals surface area contributed by atoms with Crippen molar-refractivity contribution in [2.24, 2.45) is 0 Å². The molecule has 0 saturated heterocycles. The summed E-state index contributed by atoms with van der Waals surface area (Å²) in [5.74, 6) is -1.12. The van der Waals surface area contributed by atoms with E-state index >= 15 is 0 Å². The molecule has 62 valence electrons. The third kappa shape index (κ3) is 1.60. The van der Waals surface area contributed by atoms with Crippen molar-refractivity contribution in [3.05, 3.63) is 40.8 Å². The highest BCUT2D eigenvalue weighted by Gasteiger charge is 2.06. The molecule has 0 bridgehead atoms. The van der Waals surface area contributed by atoms with Crippen LogP contribution in [-0.2, 0) is 4.79 Å². The second kappa shape index (κ2) is 3.04. The largest absolute Gasteiger partial charge is 0.478 e. The number of aromatic nitrogens is 1. The van der Waals surface area contributed by atoms with Gasteiger partial charge in [-0.3, -0.25) is 4.79 Å². The quantitative estimate of drug-likeness (QED) is 0.626. The van der Waals surface area contributed by atoms with Gasteiger partial charge in [0, 0.05) is 12.3 Å². The number of hydrogen-bond donors (Lipinski definition) is 2. The summed E-state index contributed by atoms with van der Waals surface area (Å²) in [4.78, 5) is 23.5. The first-order valence-corrected chi connectivity index (χ1v) is 3.22. The topological polar surface area (TPSA) is 70.2 Å². The number of carbonyl (C=O) groups is 1. The highest BCUT2D eigenvalue weighted by Crippen LogP contribution is 2.07. The van der Waals surface area contributed by atoms with Gasteiger partial charge in [-0.2, -0.15) is 0 Å². The number of aliphatic carboxylic acids is 1. The number of carboxylic acids is 1. The number of hydrogen-bond acceptors (Lipinski definition) is 2. The van der Waals surface area contributed by atoms with Crippen molar-refractivity contribution in [2.75, 3.05) is 0 Å². The Morgan fingerprint density at radius 1 is 1.58 bits per heavy atom. The molecule has 1 aromatic heterocycles. The van der Waals surface area contributed by atoms with Gasteiger partial charge in [0.2, 0.25) is 5.56 Å². The van der Waals surface area contributed by atoms with Crippen molar-refractivity contribution in [2.45, 2.75) is 0 Å². The molecular weight excluding hydrogens is 158 g/mol. The lowest BCUT2D eigenvalue weighted by molar-refractivity contribution is -0.130. The fourth-order valence-electron chi connectivity index (χ4n) is 0.756. The lowest BCUT2D eigenvalue weighted by atomic mass is 10.1. The van der Waals surface area contributed by atoms with E-state index in [2.05, 4.69) is 11.6 Å². The molecule has 4 nitrogen and oxygen atoms in total. The summed E-state index contributed by atoms with van der Waals surface area (Å²) in [5, 5.41) is 8.51. The van der Waals surface area contributed by atoms with Crippen molar-refractivity contribution in [3.63, 3.8) is 0 Å². The first-order valence-electron chi connectivity index (χ1n) is 3.22. The molecule has 2 N–H and O–H groups in total. The van der Waals surface area contributed by atoms with E-state index in [0.29, 0.717) is 5.56 Å². The Morgan fingerprint density at radius 2 is 2.25 bits per heavy atom. The molecule has 0 radical (unpaired) electrons. The van der Waals surface area contributed by atoms with Crippen LogP contribution in [0.2, 0.25) is 0 Å². The molecule has 0 saturated carbocycles. The van der Waals surface area contributed by atoms with Gasteiger partial charge in [-0.15, -0.1) is 0 Å². The van der Waals surface area contributed by atoms with Crippen LogP contribution in [0, 0.1) is 0 Å². The average molecular weight is 165 g/mol. The average Bonchev–Trinajstić information content (AvgIpc) is 2.03. The summed E-state index contributed by atoms with van der Waals surface area (Å²) in [6.07, 6.45) is 1.38. The van der Waals surface area contributed by atoms with Gasteiger partial charge in [-0.05, 0) is 11.6 Å². The normalized spacial score (nSPS) is 9.33. The predicted octanol–water partition coefficient (Wildman–Crippen LogP) is 0.473. The summed E-state index contributed by atoms with van der Waals surface area (Å²) in [6.45, 7) is 3.31. The van der Waals surface area contributed by atoms with Crippen molar-refractivity contribution < 1.29 is 9.90 Å². The number of H-pyrrole nitrogens is 1. The summed E-state index contributed by atoms with van der Waals surface area (Å²) < 4.78 is 0. The standard InChI is InChI=1S/C8H7NO3/c1-5(8(11)12)6-2-3-9-7(10)4-6/h2-4H,1H2,(H,9,10)(H,11,12). The smallest absolute Gasteiger partial charge is 0.335 e. The van der Waals surface area contributed by atoms with Crippen molar-refractivity contribution in [1.29, 1.82) is 0 Å². The Hall–Kier alpha value is -1.84. The molecule has 0 unspecified atom stereocenters. The van der Waals surface area contributed by atoms with Gasteiger partial charge < -0.3 is 10.1 Å². The van der Waals surface area contributed by atoms with Crippen LogP contribution in [0.5, 0.6) is 0 Å².